The fraction of sp³-hybridized carbons (Fsp3) is 0.500. The maximum atomic E-state index is 3.63. The number of allylic oxidation sites excluding steroid dienone is 6. The SMILES string of the molecule is C1=CC2=C(CC1)NC1=C(CCC1)C2. The molecule has 1 heterocycles. The zero-order valence-electron chi connectivity index (χ0n) is 7.90. The summed E-state index contributed by atoms with van der Waals surface area (Å²) in [5.74, 6) is 0. The first-order valence-electron chi connectivity index (χ1n) is 5.30. The molecule has 3 aliphatic rings. The molecule has 0 aromatic heterocycles. The van der Waals surface area contributed by atoms with Crippen LogP contribution in [0.5, 0.6) is 0 Å². The molecule has 68 valence electrons. The van der Waals surface area contributed by atoms with Crippen molar-refractivity contribution in [1.29, 1.82) is 0 Å². The topological polar surface area (TPSA) is 12.0 Å². The summed E-state index contributed by atoms with van der Waals surface area (Å²) in [6.45, 7) is 0. The fourth-order valence-electron chi connectivity index (χ4n) is 2.59. The van der Waals surface area contributed by atoms with Crippen LogP contribution in [-0.2, 0) is 0 Å². The highest BCUT2D eigenvalue weighted by Crippen LogP contribution is 2.36. The Morgan fingerprint density at radius 1 is 1.08 bits per heavy atom. The largest absolute Gasteiger partial charge is 0.362 e. The third-order valence-electron chi connectivity index (χ3n) is 3.31. The van der Waals surface area contributed by atoms with Crippen LogP contribution in [0.3, 0.4) is 0 Å². The maximum absolute atomic E-state index is 3.63. The number of nitrogens with one attached hydrogen (secondary N) is 1. The van der Waals surface area contributed by atoms with Crippen molar-refractivity contribution in [2.24, 2.45) is 0 Å². The Labute approximate surface area is 79.2 Å². The molecule has 0 aromatic rings. The van der Waals surface area contributed by atoms with Gasteiger partial charge in [0.15, 0.2) is 0 Å². The lowest BCUT2D eigenvalue weighted by molar-refractivity contribution is 0.761. The van der Waals surface area contributed by atoms with E-state index >= 15 is 0 Å². The molecule has 0 radical (unpaired) electrons. The summed E-state index contributed by atoms with van der Waals surface area (Å²) in [4.78, 5) is 0. The standard InChI is InChI=1S/C12H15N/c1-2-6-11-9(4-1)8-10-5-3-7-12(10)13-11/h1,4,13H,2-3,5-8H2. The Hall–Kier alpha value is -0.980. The summed E-state index contributed by atoms with van der Waals surface area (Å²) < 4.78 is 0. The highest BCUT2D eigenvalue weighted by molar-refractivity contribution is 5.41. The molecule has 0 unspecified atom stereocenters. The maximum Gasteiger partial charge on any atom is 0.0187 e. The minimum absolute atomic E-state index is 1.22. The van der Waals surface area contributed by atoms with Crippen molar-refractivity contribution in [2.75, 3.05) is 0 Å². The summed E-state index contributed by atoms with van der Waals surface area (Å²) in [5.41, 5.74) is 6.27. The van der Waals surface area contributed by atoms with E-state index < -0.39 is 0 Å². The lowest BCUT2D eigenvalue weighted by atomic mass is 9.93. The van der Waals surface area contributed by atoms with Gasteiger partial charge in [-0.25, -0.2) is 0 Å². The molecule has 0 bridgehead atoms. The van der Waals surface area contributed by atoms with E-state index in [1.807, 2.05) is 0 Å². The van der Waals surface area contributed by atoms with Crippen molar-refractivity contribution in [3.63, 3.8) is 0 Å². The zero-order chi connectivity index (χ0) is 8.67. The van der Waals surface area contributed by atoms with Gasteiger partial charge in [0.25, 0.3) is 0 Å². The lowest BCUT2D eigenvalue weighted by Crippen LogP contribution is -2.20. The summed E-state index contributed by atoms with van der Waals surface area (Å²) >= 11 is 0. The highest BCUT2D eigenvalue weighted by Gasteiger charge is 2.22. The second-order valence-corrected chi connectivity index (χ2v) is 4.18. The predicted octanol–water partition coefficient (Wildman–Crippen LogP) is 3.02. The third kappa shape index (κ3) is 1.14. The molecule has 3 rings (SSSR count). The van der Waals surface area contributed by atoms with E-state index in [1.165, 1.54) is 44.2 Å². The second kappa shape index (κ2) is 2.76. The van der Waals surface area contributed by atoms with Gasteiger partial charge in [0.05, 0.1) is 0 Å². The second-order valence-electron chi connectivity index (χ2n) is 4.18. The molecule has 0 saturated heterocycles. The predicted molar refractivity (Wildman–Crippen MR) is 54.0 cm³/mol. The average molecular weight is 173 g/mol. The van der Waals surface area contributed by atoms with Gasteiger partial charge in [-0.1, -0.05) is 12.2 Å². The van der Waals surface area contributed by atoms with E-state index in [9.17, 15) is 0 Å². The highest BCUT2D eigenvalue weighted by atomic mass is 14.9. The van der Waals surface area contributed by atoms with E-state index in [-0.39, 0.29) is 0 Å². The van der Waals surface area contributed by atoms with Crippen LogP contribution in [-0.4, -0.2) is 0 Å². The van der Waals surface area contributed by atoms with E-state index in [4.69, 9.17) is 0 Å². The molecule has 1 aliphatic heterocycles. The molecule has 1 N–H and O–H groups in total. The summed E-state index contributed by atoms with van der Waals surface area (Å²) in [6.07, 6.45) is 12.3. The van der Waals surface area contributed by atoms with Gasteiger partial charge in [-0.3, -0.25) is 0 Å². The molecule has 0 aromatic carbocycles. The Morgan fingerprint density at radius 3 is 3.08 bits per heavy atom. The Morgan fingerprint density at radius 2 is 2.08 bits per heavy atom. The molecule has 2 aliphatic carbocycles. The molecule has 0 atom stereocenters. The van der Waals surface area contributed by atoms with Gasteiger partial charge in [0, 0.05) is 11.4 Å². The smallest absolute Gasteiger partial charge is 0.0187 e. The zero-order valence-corrected chi connectivity index (χ0v) is 7.90. The number of hydrogen-bond acceptors (Lipinski definition) is 1. The van der Waals surface area contributed by atoms with E-state index in [1.54, 1.807) is 16.8 Å². The number of dihydropyridines is 1. The molecule has 1 nitrogen and oxygen atoms in total. The lowest BCUT2D eigenvalue weighted by Gasteiger charge is -2.24. The van der Waals surface area contributed by atoms with Crippen LogP contribution in [0.1, 0.15) is 38.5 Å². The summed E-state index contributed by atoms with van der Waals surface area (Å²) in [7, 11) is 0. The first-order chi connectivity index (χ1) is 6.43. The van der Waals surface area contributed by atoms with Crippen molar-refractivity contribution in [3.8, 4) is 0 Å². The van der Waals surface area contributed by atoms with E-state index in [2.05, 4.69) is 17.5 Å². The minimum atomic E-state index is 1.22. The first-order valence-corrected chi connectivity index (χ1v) is 5.30. The normalized spacial score (nSPS) is 25.8. The van der Waals surface area contributed by atoms with Crippen molar-refractivity contribution < 1.29 is 0 Å². The molecule has 0 amide bonds. The Balaban J connectivity index is 1.91. The van der Waals surface area contributed by atoms with Crippen LogP contribution in [0, 0.1) is 0 Å². The van der Waals surface area contributed by atoms with Crippen LogP contribution >= 0.6 is 0 Å². The molecule has 0 spiro atoms. The van der Waals surface area contributed by atoms with Crippen LogP contribution < -0.4 is 5.32 Å². The van der Waals surface area contributed by atoms with Crippen molar-refractivity contribution in [3.05, 3.63) is 34.7 Å². The molecular weight excluding hydrogens is 158 g/mol. The molecule has 1 heteroatoms. The summed E-state index contributed by atoms with van der Waals surface area (Å²) in [6, 6.07) is 0. The average Bonchev–Trinajstić information content (AvgIpc) is 2.61. The third-order valence-corrected chi connectivity index (χ3v) is 3.31. The van der Waals surface area contributed by atoms with Gasteiger partial charge in [0.1, 0.15) is 0 Å². The van der Waals surface area contributed by atoms with Crippen molar-refractivity contribution in [2.45, 2.75) is 38.5 Å². The van der Waals surface area contributed by atoms with E-state index in [0.717, 1.165) is 0 Å². The first kappa shape index (κ1) is 7.43. The van der Waals surface area contributed by atoms with Crippen molar-refractivity contribution >= 4 is 0 Å². The van der Waals surface area contributed by atoms with Crippen LogP contribution in [0.4, 0.5) is 0 Å². The molecular formula is C12H15N. The van der Waals surface area contributed by atoms with Crippen LogP contribution in [0.25, 0.3) is 0 Å². The van der Waals surface area contributed by atoms with Gasteiger partial charge in [-0.05, 0) is 49.7 Å². The van der Waals surface area contributed by atoms with Gasteiger partial charge >= 0.3 is 0 Å². The molecule has 0 fully saturated rings. The van der Waals surface area contributed by atoms with Gasteiger partial charge < -0.3 is 5.32 Å². The fourth-order valence-corrected chi connectivity index (χ4v) is 2.59. The molecule has 0 saturated carbocycles. The van der Waals surface area contributed by atoms with Crippen LogP contribution in [0.2, 0.25) is 0 Å². The van der Waals surface area contributed by atoms with Gasteiger partial charge in [-0.15, -0.1) is 0 Å². The Bertz CT molecular complexity index is 331. The number of hydrogen-bond donors (Lipinski definition) is 1. The summed E-state index contributed by atoms with van der Waals surface area (Å²) in [5, 5.41) is 3.63. The minimum Gasteiger partial charge on any atom is -0.362 e. The molecule has 13 heavy (non-hydrogen) atoms. The van der Waals surface area contributed by atoms with Crippen LogP contribution in [0.15, 0.2) is 34.7 Å². The Kier molecular flexibility index (Phi) is 1.58. The van der Waals surface area contributed by atoms with Gasteiger partial charge in [-0.2, -0.15) is 0 Å². The van der Waals surface area contributed by atoms with Gasteiger partial charge in [0.2, 0.25) is 0 Å². The van der Waals surface area contributed by atoms with E-state index in [0.29, 0.717) is 0 Å². The number of rotatable bonds is 0. The quantitative estimate of drug-likeness (QED) is 0.593. The monoisotopic (exact) mass is 173 g/mol. The van der Waals surface area contributed by atoms with Crippen molar-refractivity contribution in [1.82, 2.24) is 5.32 Å².